The maximum absolute atomic E-state index is 14.0. The highest BCUT2D eigenvalue weighted by Gasteiger charge is 2.35. The third kappa shape index (κ3) is 5.83. The van der Waals surface area contributed by atoms with Crippen molar-refractivity contribution in [2.45, 2.75) is 52.4 Å². The Morgan fingerprint density at radius 1 is 1.03 bits per heavy atom. The van der Waals surface area contributed by atoms with Crippen LogP contribution in [0.5, 0.6) is 5.75 Å². The van der Waals surface area contributed by atoms with Crippen molar-refractivity contribution in [1.29, 1.82) is 0 Å². The molecule has 6 heteroatoms. The highest BCUT2D eigenvalue weighted by Crippen LogP contribution is 2.41. The van der Waals surface area contributed by atoms with E-state index in [4.69, 9.17) is 14.3 Å². The van der Waals surface area contributed by atoms with Crippen molar-refractivity contribution in [3.63, 3.8) is 0 Å². The van der Waals surface area contributed by atoms with Crippen LogP contribution >= 0.6 is 0 Å². The van der Waals surface area contributed by atoms with Gasteiger partial charge in [-0.3, -0.25) is 0 Å². The number of halogens is 3. The van der Waals surface area contributed by atoms with Crippen molar-refractivity contribution in [3.8, 4) is 5.75 Å². The van der Waals surface area contributed by atoms with Crippen molar-refractivity contribution in [2.75, 3.05) is 6.61 Å². The smallest absolute Gasteiger partial charge is 0.373 e. The van der Waals surface area contributed by atoms with E-state index < -0.39 is 5.92 Å². The second-order valence-corrected chi connectivity index (χ2v) is 7.32. The molecule has 0 saturated carbocycles. The summed E-state index contributed by atoms with van der Waals surface area (Å²) in [7, 11) is 0. The van der Waals surface area contributed by atoms with Gasteiger partial charge in [0.15, 0.2) is 0 Å². The summed E-state index contributed by atoms with van der Waals surface area (Å²) < 4.78 is 47.2. The minimum atomic E-state index is -2.72. The first-order chi connectivity index (χ1) is 14.2. The third-order valence-electron chi connectivity index (χ3n) is 5.46. The molecule has 0 radical (unpaired) electrons. The van der Waals surface area contributed by atoms with E-state index in [1.54, 1.807) is 12.1 Å². The molecule has 0 atom stereocenters. The highest BCUT2D eigenvalue weighted by molar-refractivity contribution is 5.70. The van der Waals surface area contributed by atoms with E-state index in [2.05, 4.69) is 13.8 Å². The molecule has 1 aliphatic carbocycles. The van der Waals surface area contributed by atoms with Gasteiger partial charge in [0.1, 0.15) is 18.2 Å². The van der Waals surface area contributed by atoms with E-state index in [1.807, 2.05) is 19.1 Å². The van der Waals surface area contributed by atoms with Gasteiger partial charge < -0.3 is 4.74 Å². The quantitative estimate of drug-likeness (QED) is 0.592. The van der Waals surface area contributed by atoms with Crippen LogP contribution in [0.15, 0.2) is 42.0 Å². The molecule has 1 aliphatic rings. The van der Waals surface area contributed by atoms with Crippen molar-refractivity contribution in [1.82, 2.24) is 0 Å². The van der Waals surface area contributed by atoms with Crippen LogP contribution in [0.1, 0.15) is 48.4 Å². The van der Waals surface area contributed by atoms with Crippen LogP contribution in [-0.4, -0.2) is 18.7 Å². The maximum atomic E-state index is 14.0. The van der Waals surface area contributed by atoms with Crippen LogP contribution < -0.4 is 4.74 Å². The summed E-state index contributed by atoms with van der Waals surface area (Å²) in [6.07, 6.45) is 0.959. The minimum absolute atomic E-state index is 0.119. The molecule has 3 nitrogen and oxygen atoms in total. The van der Waals surface area contributed by atoms with E-state index in [9.17, 15) is 13.2 Å². The Hall–Kier alpha value is -2.85. The summed E-state index contributed by atoms with van der Waals surface area (Å²) >= 11 is 0. The Morgan fingerprint density at radius 3 is 2.27 bits per heavy atom. The van der Waals surface area contributed by atoms with Crippen molar-refractivity contribution in [3.05, 3.63) is 70.0 Å². The van der Waals surface area contributed by atoms with E-state index in [-0.39, 0.29) is 37.8 Å². The lowest BCUT2D eigenvalue weighted by Gasteiger charge is -2.28. The van der Waals surface area contributed by atoms with Gasteiger partial charge in [-0.1, -0.05) is 25.1 Å². The van der Waals surface area contributed by atoms with Crippen LogP contribution in [0.3, 0.4) is 0 Å². The Balaban J connectivity index is 0.00000101. The van der Waals surface area contributed by atoms with Gasteiger partial charge in [0.05, 0.1) is 0 Å². The lowest BCUT2D eigenvalue weighted by atomic mass is 9.85. The molecule has 0 aliphatic heterocycles. The predicted molar refractivity (Wildman–Crippen MR) is 108 cm³/mol. The monoisotopic (exact) mass is 418 g/mol. The number of alkyl halides is 2. The van der Waals surface area contributed by atoms with Crippen LogP contribution in [0, 0.1) is 19.7 Å². The summed E-state index contributed by atoms with van der Waals surface area (Å²) in [5, 5.41) is 0. The van der Waals surface area contributed by atoms with E-state index >= 15 is 0 Å². The van der Waals surface area contributed by atoms with Crippen molar-refractivity contribution >= 4 is 11.7 Å². The van der Waals surface area contributed by atoms with Gasteiger partial charge in [0, 0.05) is 12.8 Å². The largest absolute Gasteiger partial charge is 0.489 e. The van der Waals surface area contributed by atoms with Crippen LogP contribution in [0.25, 0.3) is 5.57 Å². The topological polar surface area (TPSA) is 43.4 Å². The molecular weight excluding hydrogens is 393 g/mol. The standard InChI is InChI=1S/C23H25F3O.CO2/c1-4-17-7-10-22(16(3)15(17)2)27-14-19-13-23(25,26)12-11-21(19)18-5-8-20(24)9-6-18;2-1-3/h5-10H,4,11-14H2,1-3H3;. The summed E-state index contributed by atoms with van der Waals surface area (Å²) in [6.45, 7) is 6.27. The maximum Gasteiger partial charge on any atom is 0.373 e. The summed E-state index contributed by atoms with van der Waals surface area (Å²) in [6, 6.07) is 9.98. The van der Waals surface area contributed by atoms with Gasteiger partial charge in [-0.05, 0) is 78.3 Å². The number of carbonyl (C=O) groups excluding carboxylic acids is 2. The number of rotatable bonds is 5. The zero-order valence-corrected chi connectivity index (χ0v) is 17.4. The molecule has 0 spiro atoms. The molecule has 2 aromatic rings. The van der Waals surface area contributed by atoms with E-state index in [1.165, 1.54) is 23.3 Å². The summed E-state index contributed by atoms with van der Waals surface area (Å²) in [5.74, 6) is -2.33. The molecule has 0 amide bonds. The molecule has 2 aromatic carbocycles. The predicted octanol–water partition coefficient (Wildman–Crippen LogP) is 6.07. The second-order valence-electron chi connectivity index (χ2n) is 7.32. The Morgan fingerprint density at radius 2 is 1.67 bits per heavy atom. The molecule has 0 bridgehead atoms. The SMILES string of the molecule is CCc1ccc(OCC2=C(c3ccc(F)cc3)CCC(F)(F)C2)c(C)c1C.O=C=O. The fourth-order valence-corrected chi connectivity index (χ4v) is 3.69. The number of allylic oxidation sites excluding steroid dienone is 1. The number of ether oxygens (including phenoxy) is 1. The first-order valence-electron chi connectivity index (χ1n) is 9.78. The van der Waals surface area contributed by atoms with Crippen LogP contribution in [0.2, 0.25) is 0 Å². The first kappa shape index (κ1) is 23.4. The van der Waals surface area contributed by atoms with Crippen LogP contribution in [-0.2, 0) is 16.0 Å². The average molecular weight is 418 g/mol. The molecule has 0 unspecified atom stereocenters. The fourth-order valence-electron chi connectivity index (χ4n) is 3.69. The summed E-state index contributed by atoms with van der Waals surface area (Å²) in [4.78, 5) is 16.2. The average Bonchev–Trinajstić information content (AvgIpc) is 2.70. The highest BCUT2D eigenvalue weighted by atomic mass is 19.3. The molecule has 0 N–H and O–H groups in total. The fraction of sp³-hybridized carbons (Fsp3) is 0.375. The second kappa shape index (κ2) is 10.3. The molecule has 0 saturated heterocycles. The number of hydrogen-bond donors (Lipinski definition) is 0. The normalized spacial score (nSPS) is 15.1. The van der Waals surface area contributed by atoms with Gasteiger partial charge in [-0.15, -0.1) is 0 Å². The lowest BCUT2D eigenvalue weighted by Crippen LogP contribution is -2.24. The van der Waals surface area contributed by atoms with Crippen molar-refractivity contribution < 1.29 is 27.5 Å². The molecule has 0 aromatic heterocycles. The molecule has 30 heavy (non-hydrogen) atoms. The van der Waals surface area contributed by atoms with Gasteiger partial charge in [0.2, 0.25) is 0 Å². The van der Waals surface area contributed by atoms with Gasteiger partial charge in [-0.2, -0.15) is 9.59 Å². The van der Waals surface area contributed by atoms with Gasteiger partial charge in [0.25, 0.3) is 5.92 Å². The third-order valence-corrected chi connectivity index (χ3v) is 5.46. The molecule has 3 rings (SSSR count). The van der Waals surface area contributed by atoms with Gasteiger partial charge >= 0.3 is 6.15 Å². The van der Waals surface area contributed by atoms with E-state index in [0.717, 1.165) is 28.9 Å². The zero-order chi connectivity index (χ0) is 22.3. The molecule has 0 heterocycles. The molecular formula is C24H25F3O3. The molecule has 0 fully saturated rings. The van der Waals surface area contributed by atoms with Gasteiger partial charge in [-0.25, -0.2) is 13.2 Å². The number of aryl methyl sites for hydroxylation is 1. The number of benzene rings is 2. The number of hydrogen-bond acceptors (Lipinski definition) is 3. The molecule has 160 valence electrons. The lowest BCUT2D eigenvalue weighted by molar-refractivity contribution is -0.191. The van der Waals surface area contributed by atoms with Crippen molar-refractivity contribution in [2.24, 2.45) is 0 Å². The zero-order valence-electron chi connectivity index (χ0n) is 17.4. The van der Waals surface area contributed by atoms with E-state index in [0.29, 0.717) is 5.57 Å². The minimum Gasteiger partial charge on any atom is -0.489 e. The Kier molecular flexibility index (Phi) is 8.01. The van der Waals surface area contributed by atoms with Crippen LogP contribution in [0.4, 0.5) is 13.2 Å². The Labute approximate surface area is 174 Å². The summed E-state index contributed by atoms with van der Waals surface area (Å²) in [5.41, 5.74) is 5.71. The Bertz CT molecular complexity index is 941. The first-order valence-corrected chi connectivity index (χ1v) is 9.78.